The van der Waals surface area contributed by atoms with Crippen LogP contribution in [0.15, 0.2) is 24.3 Å². The molecule has 0 unspecified atom stereocenters. The van der Waals surface area contributed by atoms with Crippen molar-refractivity contribution in [1.82, 2.24) is 0 Å². The standard InChI is InChI=1S/C10H9NO4/c1-7-2-4-9(11(14)15)6-8(7)3-5-10(12)13/h2-6H,1H3,(H,12,13). The van der Waals surface area contributed by atoms with E-state index < -0.39 is 10.9 Å². The quantitative estimate of drug-likeness (QED) is 0.467. The fourth-order valence-electron chi connectivity index (χ4n) is 1.08. The van der Waals surface area contributed by atoms with E-state index in [1.54, 1.807) is 13.0 Å². The molecule has 1 aromatic rings. The summed E-state index contributed by atoms with van der Waals surface area (Å²) in [4.78, 5) is 20.2. The molecule has 5 nitrogen and oxygen atoms in total. The molecule has 0 fully saturated rings. The summed E-state index contributed by atoms with van der Waals surface area (Å²) in [6.45, 7) is 1.76. The third-order valence-electron chi connectivity index (χ3n) is 1.88. The Morgan fingerprint density at radius 1 is 1.53 bits per heavy atom. The molecule has 0 aliphatic carbocycles. The van der Waals surface area contributed by atoms with Gasteiger partial charge in [-0.15, -0.1) is 0 Å². The highest BCUT2D eigenvalue weighted by molar-refractivity contribution is 5.85. The minimum Gasteiger partial charge on any atom is -0.478 e. The summed E-state index contributed by atoms with van der Waals surface area (Å²) >= 11 is 0. The van der Waals surface area contributed by atoms with Gasteiger partial charge in [-0.2, -0.15) is 0 Å². The van der Waals surface area contributed by atoms with E-state index in [4.69, 9.17) is 5.11 Å². The highest BCUT2D eigenvalue weighted by atomic mass is 16.6. The summed E-state index contributed by atoms with van der Waals surface area (Å²) in [5.74, 6) is -1.08. The van der Waals surface area contributed by atoms with E-state index in [-0.39, 0.29) is 5.69 Å². The second-order valence-electron chi connectivity index (χ2n) is 2.97. The molecule has 0 aromatic heterocycles. The maximum atomic E-state index is 10.5. The van der Waals surface area contributed by atoms with Crippen molar-refractivity contribution in [3.8, 4) is 0 Å². The zero-order valence-electron chi connectivity index (χ0n) is 8.01. The number of hydrogen-bond donors (Lipinski definition) is 1. The van der Waals surface area contributed by atoms with Gasteiger partial charge in [0.05, 0.1) is 4.92 Å². The molecule has 0 aliphatic rings. The Hall–Kier alpha value is -2.17. The summed E-state index contributed by atoms with van der Waals surface area (Å²) in [6, 6.07) is 4.31. The summed E-state index contributed by atoms with van der Waals surface area (Å²) in [5.41, 5.74) is 1.27. The van der Waals surface area contributed by atoms with Gasteiger partial charge in [0.15, 0.2) is 0 Å². The van der Waals surface area contributed by atoms with Gasteiger partial charge in [-0.3, -0.25) is 10.1 Å². The number of hydrogen-bond acceptors (Lipinski definition) is 3. The van der Waals surface area contributed by atoms with Gasteiger partial charge in [0.1, 0.15) is 0 Å². The number of aryl methyl sites for hydroxylation is 1. The molecule has 15 heavy (non-hydrogen) atoms. The van der Waals surface area contributed by atoms with Crippen molar-refractivity contribution < 1.29 is 14.8 Å². The van der Waals surface area contributed by atoms with E-state index in [1.807, 2.05) is 0 Å². The Labute approximate surface area is 85.8 Å². The van der Waals surface area contributed by atoms with Crippen molar-refractivity contribution in [2.45, 2.75) is 6.92 Å². The maximum absolute atomic E-state index is 10.5. The van der Waals surface area contributed by atoms with Gasteiger partial charge in [-0.05, 0) is 24.1 Å². The molecule has 1 aromatic carbocycles. The molecule has 0 radical (unpaired) electrons. The summed E-state index contributed by atoms with van der Waals surface area (Å²) in [5, 5.41) is 18.9. The van der Waals surface area contributed by atoms with Crippen molar-refractivity contribution in [3.63, 3.8) is 0 Å². The second-order valence-corrected chi connectivity index (χ2v) is 2.97. The fourth-order valence-corrected chi connectivity index (χ4v) is 1.08. The lowest BCUT2D eigenvalue weighted by atomic mass is 10.1. The zero-order valence-corrected chi connectivity index (χ0v) is 8.01. The van der Waals surface area contributed by atoms with E-state index in [2.05, 4.69) is 0 Å². The molecular weight excluding hydrogens is 198 g/mol. The van der Waals surface area contributed by atoms with Gasteiger partial charge in [-0.1, -0.05) is 6.07 Å². The van der Waals surface area contributed by atoms with Gasteiger partial charge in [0.25, 0.3) is 5.69 Å². The van der Waals surface area contributed by atoms with Crippen molar-refractivity contribution in [1.29, 1.82) is 0 Å². The molecule has 0 aliphatic heterocycles. The van der Waals surface area contributed by atoms with E-state index in [1.165, 1.54) is 18.2 Å². The van der Waals surface area contributed by atoms with E-state index in [0.717, 1.165) is 11.6 Å². The molecule has 0 saturated heterocycles. The average molecular weight is 207 g/mol. The number of nitro benzene ring substituents is 1. The van der Waals surface area contributed by atoms with Crippen LogP contribution in [0.1, 0.15) is 11.1 Å². The molecule has 5 heteroatoms. The minimum atomic E-state index is -1.08. The number of nitrogens with zero attached hydrogens (tertiary/aromatic N) is 1. The molecule has 0 atom stereocenters. The van der Waals surface area contributed by atoms with Crippen LogP contribution < -0.4 is 0 Å². The van der Waals surface area contributed by atoms with Crippen molar-refractivity contribution >= 4 is 17.7 Å². The third kappa shape index (κ3) is 2.91. The van der Waals surface area contributed by atoms with Gasteiger partial charge >= 0.3 is 5.97 Å². The Kier molecular flexibility index (Phi) is 3.17. The number of nitro groups is 1. The maximum Gasteiger partial charge on any atom is 0.328 e. The van der Waals surface area contributed by atoms with Crippen LogP contribution in [0, 0.1) is 17.0 Å². The first-order chi connectivity index (χ1) is 7.00. The third-order valence-corrected chi connectivity index (χ3v) is 1.88. The largest absolute Gasteiger partial charge is 0.478 e. The number of carboxylic acid groups (broad SMARTS) is 1. The highest BCUT2D eigenvalue weighted by Crippen LogP contribution is 2.18. The van der Waals surface area contributed by atoms with Crippen LogP contribution in [0.25, 0.3) is 6.08 Å². The smallest absolute Gasteiger partial charge is 0.328 e. The molecule has 0 saturated carbocycles. The van der Waals surface area contributed by atoms with Crippen molar-refractivity contribution in [3.05, 3.63) is 45.5 Å². The Bertz CT molecular complexity index is 437. The van der Waals surface area contributed by atoms with Gasteiger partial charge < -0.3 is 5.11 Å². The predicted molar refractivity (Wildman–Crippen MR) is 54.5 cm³/mol. The van der Waals surface area contributed by atoms with E-state index in [9.17, 15) is 14.9 Å². The Balaban J connectivity index is 3.11. The van der Waals surface area contributed by atoms with E-state index >= 15 is 0 Å². The number of rotatable bonds is 3. The fraction of sp³-hybridized carbons (Fsp3) is 0.100. The van der Waals surface area contributed by atoms with Gasteiger partial charge in [0, 0.05) is 18.2 Å². The van der Waals surface area contributed by atoms with Crippen LogP contribution in [0.5, 0.6) is 0 Å². The lowest BCUT2D eigenvalue weighted by Gasteiger charge is -1.99. The second kappa shape index (κ2) is 4.36. The zero-order chi connectivity index (χ0) is 11.4. The number of carbonyl (C=O) groups is 1. The predicted octanol–water partition coefficient (Wildman–Crippen LogP) is 2.00. The van der Waals surface area contributed by atoms with Gasteiger partial charge in [-0.25, -0.2) is 4.79 Å². The average Bonchev–Trinajstić information content (AvgIpc) is 2.16. The first-order valence-corrected chi connectivity index (χ1v) is 4.17. The molecular formula is C10H9NO4. The normalized spacial score (nSPS) is 10.5. The number of non-ortho nitro benzene ring substituents is 1. The van der Waals surface area contributed by atoms with Crippen LogP contribution in [0.3, 0.4) is 0 Å². The first-order valence-electron chi connectivity index (χ1n) is 4.17. The minimum absolute atomic E-state index is 0.0503. The van der Waals surface area contributed by atoms with E-state index in [0.29, 0.717) is 5.56 Å². The van der Waals surface area contributed by atoms with Crippen LogP contribution in [0.2, 0.25) is 0 Å². The molecule has 78 valence electrons. The Morgan fingerprint density at radius 3 is 2.73 bits per heavy atom. The van der Waals surface area contributed by atoms with Crippen molar-refractivity contribution in [2.24, 2.45) is 0 Å². The number of aliphatic carboxylic acids is 1. The van der Waals surface area contributed by atoms with Crippen LogP contribution >= 0.6 is 0 Å². The molecule has 0 bridgehead atoms. The molecule has 0 spiro atoms. The van der Waals surface area contributed by atoms with Crippen LogP contribution in [-0.2, 0) is 4.79 Å². The molecule has 0 amide bonds. The lowest BCUT2D eigenvalue weighted by Crippen LogP contribution is -1.91. The molecule has 1 N–H and O–H groups in total. The Morgan fingerprint density at radius 2 is 2.20 bits per heavy atom. The summed E-state index contributed by atoms with van der Waals surface area (Å²) < 4.78 is 0. The molecule has 0 heterocycles. The number of carboxylic acids is 1. The van der Waals surface area contributed by atoms with Crippen LogP contribution in [0.4, 0.5) is 5.69 Å². The topological polar surface area (TPSA) is 80.4 Å². The van der Waals surface area contributed by atoms with Gasteiger partial charge in [0.2, 0.25) is 0 Å². The van der Waals surface area contributed by atoms with Crippen LogP contribution in [-0.4, -0.2) is 16.0 Å². The summed E-state index contributed by atoms with van der Waals surface area (Å²) in [6.07, 6.45) is 2.29. The SMILES string of the molecule is Cc1ccc([N+](=O)[O-])cc1C=CC(=O)O. The highest BCUT2D eigenvalue weighted by Gasteiger charge is 2.06. The molecule has 1 rings (SSSR count). The monoisotopic (exact) mass is 207 g/mol. The summed E-state index contributed by atoms with van der Waals surface area (Å²) in [7, 11) is 0. The lowest BCUT2D eigenvalue weighted by molar-refractivity contribution is -0.384. The first kappa shape index (κ1) is 10.9. The number of benzene rings is 1. The van der Waals surface area contributed by atoms with Crippen molar-refractivity contribution in [2.75, 3.05) is 0 Å².